The predicted molar refractivity (Wildman–Crippen MR) is 50.6 cm³/mol. The van der Waals surface area contributed by atoms with Crippen molar-refractivity contribution in [1.29, 1.82) is 0 Å². The maximum atomic E-state index is 12.2. The first-order valence-electron chi connectivity index (χ1n) is 4.39. The van der Waals surface area contributed by atoms with E-state index in [1.165, 1.54) is 0 Å². The van der Waals surface area contributed by atoms with Crippen LogP contribution >= 0.6 is 0 Å². The van der Waals surface area contributed by atoms with Crippen molar-refractivity contribution < 1.29 is 21.6 Å². The van der Waals surface area contributed by atoms with E-state index in [1.54, 1.807) is 6.92 Å². The van der Waals surface area contributed by atoms with Crippen LogP contribution < -0.4 is 5.32 Å². The Hall–Kier alpha value is -1.25. The second-order valence-corrected chi connectivity index (χ2v) is 4.89. The zero-order chi connectivity index (χ0) is 12.4. The fraction of sp³-hybridized carbons (Fsp3) is 0.571. The molecule has 0 fully saturated rings. The minimum atomic E-state index is -5.35. The topological polar surface area (TPSA) is 74.8 Å². The van der Waals surface area contributed by atoms with Gasteiger partial charge in [-0.2, -0.15) is 18.3 Å². The Bertz CT molecular complexity index is 452. The van der Waals surface area contributed by atoms with Crippen LogP contribution in [0.2, 0.25) is 0 Å². The third kappa shape index (κ3) is 2.29. The molecule has 0 saturated carbocycles. The van der Waals surface area contributed by atoms with E-state index in [-0.39, 0.29) is 5.82 Å². The molecule has 1 rings (SSSR count). The van der Waals surface area contributed by atoms with Gasteiger partial charge in [0.1, 0.15) is 10.7 Å². The number of hydrogen-bond donors (Lipinski definition) is 2. The molecule has 1 heterocycles. The fourth-order valence-corrected chi connectivity index (χ4v) is 1.81. The summed E-state index contributed by atoms with van der Waals surface area (Å²) in [6, 6.07) is 0. The van der Waals surface area contributed by atoms with E-state index in [0.717, 1.165) is 0 Å². The monoisotopic (exact) mass is 257 g/mol. The van der Waals surface area contributed by atoms with Gasteiger partial charge in [-0.3, -0.25) is 5.10 Å². The average Bonchev–Trinajstić information content (AvgIpc) is 2.61. The molecule has 0 spiro atoms. The summed E-state index contributed by atoms with van der Waals surface area (Å²) >= 11 is 0. The Labute approximate surface area is 90.0 Å². The first-order valence-corrected chi connectivity index (χ1v) is 5.87. The standard InChI is InChI=1S/C7H10F3N3O2S/c1-2-3-11-6-5(4-12-13-6)16(14,15)7(8,9)10/h4H,2-3H2,1H3,(H2,11,12,13). The Morgan fingerprint density at radius 2 is 2.12 bits per heavy atom. The highest BCUT2D eigenvalue weighted by Crippen LogP contribution is 2.33. The number of aromatic amines is 1. The summed E-state index contributed by atoms with van der Waals surface area (Å²) in [6.07, 6.45) is 1.28. The summed E-state index contributed by atoms with van der Waals surface area (Å²) in [4.78, 5) is -0.881. The molecule has 0 aromatic carbocycles. The number of aromatic nitrogens is 2. The molecule has 16 heavy (non-hydrogen) atoms. The van der Waals surface area contributed by atoms with Crippen molar-refractivity contribution in [3.05, 3.63) is 6.20 Å². The zero-order valence-electron chi connectivity index (χ0n) is 8.30. The Morgan fingerprint density at radius 3 is 2.62 bits per heavy atom. The number of H-pyrrole nitrogens is 1. The first kappa shape index (κ1) is 12.8. The Kier molecular flexibility index (Phi) is 3.46. The van der Waals surface area contributed by atoms with Gasteiger partial charge in [0.15, 0.2) is 0 Å². The van der Waals surface area contributed by atoms with Gasteiger partial charge < -0.3 is 5.32 Å². The molecule has 0 unspecified atom stereocenters. The summed E-state index contributed by atoms with van der Waals surface area (Å²) in [6.45, 7) is 2.14. The second kappa shape index (κ2) is 4.32. The Morgan fingerprint density at radius 1 is 1.50 bits per heavy atom. The van der Waals surface area contributed by atoms with E-state index in [9.17, 15) is 21.6 Å². The largest absolute Gasteiger partial charge is 0.502 e. The van der Waals surface area contributed by atoms with Gasteiger partial charge in [0.25, 0.3) is 9.84 Å². The molecule has 0 aliphatic rings. The van der Waals surface area contributed by atoms with Crippen LogP contribution in [0.1, 0.15) is 13.3 Å². The number of sulfone groups is 1. The number of anilines is 1. The molecule has 1 aromatic rings. The van der Waals surface area contributed by atoms with E-state index in [0.29, 0.717) is 19.2 Å². The molecular weight excluding hydrogens is 247 g/mol. The number of nitrogens with zero attached hydrogens (tertiary/aromatic N) is 1. The summed E-state index contributed by atoms with van der Waals surface area (Å²) in [7, 11) is -5.35. The highest BCUT2D eigenvalue weighted by molar-refractivity contribution is 7.92. The van der Waals surface area contributed by atoms with Gasteiger partial charge in [-0.15, -0.1) is 0 Å². The lowest BCUT2D eigenvalue weighted by Gasteiger charge is -2.08. The maximum Gasteiger partial charge on any atom is 0.502 e. The Balaban J connectivity index is 3.10. The third-order valence-corrected chi connectivity index (χ3v) is 3.25. The lowest BCUT2D eigenvalue weighted by molar-refractivity contribution is -0.0435. The summed E-state index contributed by atoms with van der Waals surface area (Å²) in [5.74, 6) is -0.237. The van der Waals surface area contributed by atoms with Crippen LogP contribution in [0, 0.1) is 0 Å². The van der Waals surface area contributed by atoms with Crippen LogP contribution in [0.15, 0.2) is 11.1 Å². The van der Waals surface area contributed by atoms with Crippen LogP contribution in [0.25, 0.3) is 0 Å². The van der Waals surface area contributed by atoms with Crippen molar-refractivity contribution in [3.8, 4) is 0 Å². The normalized spacial score (nSPS) is 12.8. The SMILES string of the molecule is CCCNc1[nH]ncc1S(=O)(=O)C(F)(F)F. The van der Waals surface area contributed by atoms with Gasteiger partial charge in [-0.05, 0) is 6.42 Å². The smallest absolute Gasteiger partial charge is 0.369 e. The molecule has 0 radical (unpaired) electrons. The van der Waals surface area contributed by atoms with Crippen LogP contribution in [-0.2, 0) is 9.84 Å². The number of halogens is 3. The lowest BCUT2D eigenvalue weighted by Crippen LogP contribution is -2.23. The fourth-order valence-electron chi connectivity index (χ4n) is 0.980. The quantitative estimate of drug-likeness (QED) is 0.857. The summed E-state index contributed by atoms with van der Waals surface area (Å²) in [5, 5.41) is 7.99. The van der Waals surface area contributed by atoms with Crippen molar-refractivity contribution in [3.63, 3.8) is 0 Å². The number of nitrogens with one attached hydrogen (secondary N) is 2. The van der Waals surface area contributed by atoms with Crippen molar-refractivity contribution in [2.24, 2.45) is 0 Å². The molecule has 0 saturated heterocycles. The van der Waals surface area contributed by atoms with Crippen LogP contribution in [0.4, 0.5) is 19.0 Å². The summed E-state index contributed by atoms with van der Waals surface area (Å²) < 4.78 is 58.9. The van der Waals surface area contributed by atoms with E-state index in [4.69, 9.17) is 0 Å². The van der Waals surface area contributed by atoms with Gasteiger partial charge in [-0.25, -0.2) is 8.42 Å². The molecule has 5 nitrogen and oxygen atoms in total. The van der Waals surface area contributed by atoms with Crippen molar-refractivity contribution >= 4 is 15.7 Å². The molecule has 0 aliphatic heterocycles. The van der Waals surface area contributed by atoms with E-state index in [1.807, 2.05) is 0 Å². The molecule has 9 heteroatoms. The molecule has 92 valence electrons. The minimum absolute atomic E-state index is 0.237. The maximum absolute atomic E-state index is 12.2. The lowest BCUT2D eigenvalue weighted by atomic mass is 10.5. The van der Waals surface area contributed by atoms with Crippen molar-refractivity contribution in [2.75, 3.05) is 11.9 Å². The molecular formula is C7H10F3N3O2S. The molecule has 1 aromatic heterocycles. The van der Waals surface area contributed by atoms with Crippen LogP contribution in [-0.4, -0.2) is 30.7 Å². The van der Waals surface area contributed by atoms with E-state index >= 15 is 0 Å². The number of hydrogen-bond acceptors (Lipinski definition) is 4. The first-order chi connectivity index (χ1) is 7.30. The van der Waals surface area contributed by atoms with Gasteiger partial charge in [0.05, 0.1) is 6.20 Å². The molecule has 0 bridgehead atoms. The zero-order valence-corrected chi connectivity index (χ0v) is 9.11. The highest BCUT2D eigenvalue weighted by atomic mass is 32.2. The van der Waals surface area contributed by atoms with E-state index in [2.05, 4.69) is 15.5 Å². The third-order valence-electron chi connectivity index (χ3n) is 1.75. The van der Waals surface area contributed by atoms with E-state index < -0.39 is 20.2 Å². The van der Waals surface area contributed by atoms with Gasteiger partial charge in [-0.1, -0.05) is 6.92 Å². The van der Waals surface area contributed by atoms with Crippen LogP contribution in [0.3, 0.4) is 0 Å². The van der Waals surface area contributed by atoms with Crippen LogP contribution in [0.5, 0.6) is 0 Å². The van der Waals surface area contributed by atoms with Crippen molar-refractivity contribution in [2.45, 2.75) is 23.7 Å². The molecule has 2 N–H and O–H groups in total. The van der Waals surface area contributed by atoms with Gasteiger partial charge in [0.2, 0.25) is 0 Å². The molecule has 0 atom stereocenters. The number of alkyl halides is 3. The molecule has 0 amide bonds. The number of rotatable bonds is 4. The highest BCUT2D eigenvalue weighted by Gasteiger charge is 2.48. The van der Waals surface area contributed by atoms with Crippen molar-refractivity contribution in [1.82, 2.24) is 10.2 Å². The minimum Gasteiger partial charge on any atom is -0.369 e. The summed E-state index contributed by atoms with van der Waals surface area (Å²) in [5.41, 5.74) is -5.32. The van der Waals surface area contributed by atoms with Gasteiger partial charge >= 0.3 is 5.51 Å². The van der Waals surface area contributed by atoms with Gasteiger partial charge in [0, 0.05) is 6.54 Å². The average molecular weight is 257 g/mol. The second-order valence-electron chi connectivity index (χ2n) is 2.99. The molecule has 0 aliphatic carbocycles. The predicted octanol–water partition coefficient (Wildman–Crippen LogP) is 1.53.